The van der Waals surface area contributed by atoms with Crippen LogP contribution < -0.4 is 5.73 Å². The summed E-state index contributed by atoms with van der Waals surface area (Å²) in [6.45, 7) is 10.7. The molecule has 0 saturated heterocycles. The van der Waals surface area contributed by atoms with E-state index >= 15 is 0 Å². The molecule has 0 fully saturated rings. The Morgan fingerprint density at radius 1 is 0.737 bits per heavy atom. The van der Waals surface area contributed by atoms with Gasteiger partial charge >= 0.3 is 0 Å². The van der Waals surface area contributed by atoms with Crippen molar-refractivity contribution in [1.29, 1.82) is 0 Å². The van der Waals surface area contributed by atoms with Crippen molar-refractivity contribution in [3.8, 4) is 0 Å². The number of hydrogen-bond donors (Lipinski definition) is 1. The number of hydrogen-bond acceptors (Lipinski definition) is 1. The largest absolute Gasteiger partial charge is 0.320 e. The second kappa shape index (κ2) is 5.18. The third kappa shape index (κ3) is 2.57. The van der Waals surface area contributed by atoms with Crippen molar-refractivity contribution in [3.05, 3.63) is 69.3 Å². The van der Waals surface area contributed by atoms with Gasteiger partial charge in [-0.3, -0.25) is 0 Å². The van der Waals surface area contributed by atoms with Crippen molar-refractivity contribution in [1.82, 2.24) is 0 Å². The number of nitrogens with two attached hydrogens (primary N) is 1. The van der Waals surface area contributed by atoms with Crippen LogP contribution in [0.5, 0.6) is 0 Å². The van der Waals surface area contributed by atoms with E-state index in [4.69, 9.17) is 5.73 Å². The van der Waals surface area contributed by atoms with E-state index in [-0.39, 0.29) is 6.04 Å². The van der Waals surface area contributed by atoms with Crippen LogP contribution in [0.4, 0.5) is 0 Å². The Bertz CT molecular complexity index is 568. The van der Waals surface area contributed by atoms with Gasteiger partial charge in [-0.05, 0) is 68.0 Å². The first kappa shape index (κ1) is 13.8. The minimum atomic E-state index is -0.0400. The molecule has 0 bridgehead atoms. The Hall–Kier alpha value is -1.60. The molecule has 2 aromatic rings. The van der Waals surface area contributed by atoms with E-state index in [2.05, 4.69) is 65.0 Å². The molecule has 0 aliphatic carbocycles. The number of benzene rings is 2. The van der Waals surface area contributed by atoms with Gasteiger partial charge in [0, 0.05) is 0 Å². The smallest absolute Gasteiger partial charge is 0.0562 e. The van der Waals surface area contributed by atoms with Crippen molar-refractivity contribution >= 4 is 0 Å². The highest BCUT2D eigenvalue weighted by Gasteiger charge is 2.17. The van der Waals surface area contributed by atoms with Crippen LogP contribution in [0.15, 0.2) is 30.3 Å². The summed E-state index contributed by atoms with van der Waals surface area (Å²) in [6, 6.07) is 10.8. The summed E-state index contributed by atoms with van der Waals surface area (Å²) in [4.78, 5) is 0. The molecule has 2 aromatic carbocycles. The van der Waals surface area contributed by atoms with E-state index in [0.717, 1.165) is 0 Å². The quantitative estimate of drug-likeness (QED) is 0.849. The van der Waals surface area contributed by atoms with E-state index in [9.17, 15) is 0 Å². The highest BCUT2D eigenvalue weighted by atomic mass is 14.6. The fourth-order valence-corrected chi connectivity index (χ4v) is 3.14. The first-order valence-electron chi connectivity index (χ1n) is 6.81. The maximum atomic E-state index is 6.57. The predicted octanol–water partition coefficient (Wildman–Crippen LogP) is 4.28. The van der Waals surface area contributed by atoms with Gasteiger partial charge in [0.1, 0.15) is 0 Å². The van der Waals surface area contributed by atoms with Gasteiger partial charge in [-0.1, -0.05) is 35.9 Å². The summed E-state index contributed by atoms with van der Waals surface area (Å²) in [5.74, 6) is 0. The van der Waals surface area contributed by atoms with E-state index in [1.807, 2.05) is 0 Å². The van der Waals surface area contributed by atoms with Gasteiger partial charge in [0.05, 0.1) is 6.04 Å². The van der Waals surface area contributed by atoms with Crippen molar-refractivity contribution < 1.29 is 0 Å². The van der Waals surface area contributed by atoms with Gasteiger partial charge in [0.2, 0.25) is 0 Å². The SMILES string of the molecule is Cc1cc(C)c(C(N)c2c(C)cccc2C)c(C)c1. The van der Waals surface area contributed by atoms with Crippen LogP contribution in [-0.2, 0) is 0 Å². The minimum Gasteiger partial charge on any atom is -0.320 e. The number of rotatable bonds is 2. The Balaban J connectivity index is 2.60. The van der Waals surface area contributed by atoms with Crippen LogP contribution in [0.1, 0.15) is 45.0 Å². The molecule has 0 amide bonds. The molecule has 1 heteroatoms. The topological polar surface area (TPSA) is 26.0 Å². The molecule has 100 valence electrons. The molecule has 0 aromatic heterocycles. The molecule has 1 unspecified atom stereocenters. The van der Waals surface area contributed by atoms with Crippen molar-refractivity contribution in [2.45, 2.75) is 40.7 Å². The van der Waals surface area contributed by atoms with E-state index < -0.39 is 0 Å². The molecule has 0 radical (unpaired) electrons. The lowest BCUT2D eigenvalue weighted by Crippen LogP contribution is -2.17. The molecule has 2 rings (SSSR count). The Morgan fingerprint density at radius 3 is 1.63 bits per heavy atom. The van der Waals surface area contributed by atoms with Crippen LogP contribution in [0, 0.1) is 34.6 Å². The van der Waals surface area contributed by atoms with E-state index in [0.29, 0.717) is 0 Å². The molecule has 0 saturated carbocycles. The van der Waals surface area contributed by atoms with E-state index in [1.165, 1.54) is 38.9 Å². The normalized spacial score (nSPS) is 12.5. The summed E-state index contributed by atoms with van der Waals surface area (Å²) in [6.07, 6.45) is 0. The molecule has 0 aliphatic rings. The highest BCUT2D eigenvalue weighted by Crippen LogP contribution is 2.30. The average molecular weight is 253 g/mol. The molecule has 0 heterocycles. The molecule has 1 atom stereocenters. The molecular formula is C18H23N. The van der Waals surface area contributed by atoms with Crippen LogP contribution in [0.2, 0.25) is 0 Å². The van der Waals surface area contributed by atoms with Gasteiger partial charge in [0.25, 0.3) is 0 Å². The van der Waals surface area contributed by atoms with Crippen molar-refractivity contribution in [2.75, 3.05) is 0 Å². The third-order valence-corrected chi connectivity index (χ3v) is 3.90. The summed E-state index contributed by atoms with van der Waals surface area (Å²) in [5.41, 5.74) is 15.5. The third-order valence-electron chi connectivity index (χ3n) is 3.90. The monoisotopic (exact) mass is 253 g/mol. The molecule has 1 nitrogen and oxygen atoms in total. The first-order chi connectivity index (χ1) is 8.91. The summed E-state index contributed by atoms with van der Waals surface area (Å²) in [7, 11) is 0. The van der Waals surface area contributed by atoms with Crippen molar-refractivity contribution in [2.24, 2.45) is 5.73 Å². The standard InChI is InChI=1S/C18H23N/c1-11-9-14(4)17(15(5)10-11)18(19)16-12(2)7-6-8-13(16)3/h6-10,18H,19H2,1-5H3. The van der Waals surface area contributed by atoms with Crippen LogP contribution in [0.3, 0.4) is 0 Å². The van der Waals surface area contributed by atoms with Crippen LogP contribution >= 0.6 is 0 Å². The maximum Gasteiger partial charge on any atom is 0.0562 e. The zero-order valence-electron chi connectivity index (χ0n) is 12.5. The van der Waals surface area contributed by atoms with E-state index in [1.54, 1.807) is 0 Å². The molecular weight excluding hydrogens is 230 g/mol. The Labute approximate surface area is 116 Å². The summed E-state index contributed by atoms with van der Waals surface area (Å²) < 4.78 is 0. The lowest BCUT2D eigenvalue weighted by Gasteiger charge is -2.22. The predicted molar refractivity (Wildman–Crippen MR) is 82.6 cm³/mol. The maximum absolute atomic E-state index is 6.57. The Morgan fingerprint density at radius 2 is 1.16 bits per heavy atom. The highest BCUT2D eigenvalue weighted by molar-refractivity contribution is 5.47. The van der Waals surface area contributed by atoms with Gasteiger partial charge < -0.3 is 5.73 Å². The first-order valence-corrected chi connectivity index (χ1v) is 6.81. The van der Waals surface area contributed by atoms with Crippen molar-refractivity contribution in [3.63, 3.8) is 0 Å². The zero-order valence-corrected chi connectivity index (χ0v) is 12.5. The fourth-order valence-electron chi connectivity index (χ4n) is 3.14. The summed E-state index contributed by atoms with van der Waals surface area (Å²) >= 11 is 0. The zero-order chi connectivity index (χ0) is 14.2. The van der Waals surface area contributed by atoms with Crippen LogP contribution in [0.25, 0.3) is 0 Å². The van der Waals surface area contributed by atoms with Gasteiger partial charge in [-0.2, -0.15) is 0 Å². The fraction of sp³-hybridized carbons (Fsp3) is 0.333. The molecule has 19 heavy (non-hydrogen) atoms. The van der Waals surface area contributed by atoms with Crippen LogP contribution in [-0.4, -0.2) is 0 Å². The van der Waals surface area contributed by atoms with Gasteiger partial charge in [0.15, 0.2) is 0 Å². The molecule has 2 N–H and O–H groups in total. The average Bonchev–Trinajstić information content (AvgIpc) is 2.26. The second-order valence-corrected chi connectivity index (χ2v) is 5.60. The Kier molecular flexibility index (Phi) is 3.77. The lowest BCUT2D eigenvalue weighted by atomic mass is 9.87. The molecule has 0 aliphatic heterocycles. The lowest BCUT2D eigenvalue weighted by molar-refractivity contribution is 0.833. The minimum absolute atomic E-state index is 0.0400. The summed E-state index contributed by atoms with van der Waals surface area (Å²) in [5, 5.41) is 0. The second-order valence-electron chi connectivity index (χ2n) is 5.60. The number of aryl methyl sites for hydroxylation is 5. The van der Waals surface area contributed by atoms with Gasteiger partial charge in [-0.15, -0.1) is 0 Å². The molecule has 0 spiro atoms. The van der Waals surface area contributed by atoms with Gasteiger partial charge in [-0.25, -0.2) is 0 Å².